The van der Waals surface area contributed by atoms with Gasteiger partial charge in [-0.25, -0.2) is 4.98 Å². The van der Waals surface area contributed by atoms with Crippen LogP contribution < -0.4 is 14.8 Å². The van der Waals surface area contributed by atoms with Crippen LogP contribution in [0.5, 0.6) is 11.5 Å². The largest absolute Gasteiger partial charge is 0.493 e. The minimum atomic E-state index is -0.102. The molecule has 1 amide bonds. The fraction of sp³-hybridized carbons (Fsp3) is 0.121. The second kappa shape index (κ2) is 12.4. The maximum absolute atomic E-state index is 12.8. The number of aromatic nitrogens is 1. The van der Waals surface area contributed by atoms with Crippen molar-refractivity contribution in [1.82, 2.24) is 4.98 Å². The molecule has 0 unspecified atom stereocenters. The summed E-state index contributed by atoms with van der Waals surface area (Å²) in [5, 5.41) is 16.0. The van der Waals surface area contributed by atoms with Crippen LogP contribution in [0.15, 0.2) is 102 Å². The van der Waals surface area contributed by atoms with Gasteiger partial charge in [-0.3, -0.25) is 4.79 Å². The maximum Gasteiger partial charge on any atom is 0.225 e. The van der Waals surface area contributed by atoms with Crippen LogP contribution in [0.2, 0.25) is 0 Å². The van der Waals surface area contributed by atoms with Gasteiger partial charge in [-0.1, -0.05) is 72.8 Å². The van der Waals surface area contributed by atoms with Crippen molar-refractivity contribution in [3.05, 3.63) is 103 Å². The van der Waals surface area contributed by atoms with Crippen LogP contribution in [0, 0.1) is 11.3 Å². The highest BCUT2D eigenvalue weighted by Gasteiger charge is 2.20. The van der Waals surface area contributed by atoms with Crippen molar-refractivity contribution in [2.45, 2.75) is 11.4 Å². The average molecular weight is 546 g/mol. The summed E-state index contributed by atoms with van der Waals surface area (Å²) in [5.74, 6) is 1.46. The molecule has 5 aromatic rings. The number of pyridine rings is 1. The normalized spacial score (nSPS) is 10.6. The van der Waals surface area contributed by atoms with Crippen LogP contribution in [0.3, 0.4) is 0 Å². The van der Waals surface area contributed by atoms with Crippen molar-refractivity contribution in [2.75, 3.05) is 25.3 Å². The van der Waals surface area contributed by atoms with Gasteiger partial charge in [-0.05, 0) is 35.0 Å². The van der Waals surface area contributed by atoms with E-state index in [-0.39, 0.29) is 12.3 Å². The average Bonchev–Trinajstić information content (AvgIpc) is 3.00. The molecule has 5 rings (SSSR count). The van der Waals surface area contributed by atoms with E-state index in [2.05, 4.69) is 11.4 Å². The van der Waals surface area contributed by atoms with Gasteiger partial charge in [0.15, 0.2) is 11.5 Å². The SMILES string of the molecule is COc1cccc(-c2cc(-c3ccccc3)nc(SCCC(=O)Nc3ccc4ccccc4c3)c2C#N)c1OC. The van der Waals surface area contributed by atoms with Crippen molar-refractivity contribution in [2.24, 2.45) is 0 Å². The van der Waals surface area contributed by atoms with Crippen LogP contribution in [0.1, 0.15) is 12.0 Å². The molecule has 6 nitrogen and oxygen atoms in total. The lowest BCUT2D eigenvalue weighted by molar-refractivity contribution is -0.115. The summed E-state index contributed by atoms with van der Waals surface area (Å²) in [6, 6.07) is 33.5. The van der Waals surface area contributed by atoms with Crippen LogP contribution in [-0.4, -0.2) is 30.9 Å². The minimum absolute atomic E-state index is 0.102. The number of benzene rings is 4. The van der Waals surface area contributed by atoms with E-state index in [0.717, 1.165) is 33.3 Å². The molecule has 1 heterocycles. The summed E-state index contributed by atoms with van der Waals surface area (Å²) in [4.78, 5) is 17.6. The van der Waals surface area contributed by atoms with E-state index in [0.29, 0.717) is 33.4 Å². The Balaban J connectivity index is 1.43. The Hall–Kier alpha value is -4.80. The summed E-state index contributed by atoms with van der Waals surface area (Å²) in [7, 11) is 3.16. The number of nitrogens with zero attached hydrogens (tertiary/aromatic N) is 2. The first-order valence-corrected chi connectivity index (χ1v) is 13.7. The molecule has 0 fully saturated rings. The number of amides is 1. The van der Waals surface area contributed by atoms with Gasteiger partial charge in [0.05, 0.1) is 25.5 Å². The van der Waals surface area contributed by atoms with E-state index in [1.165, 1.54) is 11.8 Å². The number of nitriles is 1. The standard InChI is InChI=1S/C33H27N3O3S/c1-38-30-14-8-13-26(32(30)39-2)27-20-29(23-10-4-3-5-11-23)36-33(28(27)21-34)40-18-17-31(37)35-25-16-15-22-9-6-7-12-24(22)19-25/h3-16,19-20H,17-18H2,1-2H3,(H,35,37). The first-order chi connectivity index (χ1) is 19.6. The van der Waals surface area contributed by atoms with Gasteiger partial charge < -0.3 is 14.8 Å². The van der Waals surface area contributed by atoms with Crippen molar-refractivity contribution in [3.63, 3.8) is 0 Å². The Morgan fingerprint density at radius 1 is 0.875 bits per heavy atom. The zero-order valence-corrected chi connectivity index (χ0v) is 23.0. The monoisotopic (exact) mass is 545 g/mol. The second-order valence-corrected chi connectivity index (χ2v) is 10.0. The van der Waals surface area contributed by atoms with Crippen LogP contribution >= 0.6 is 11.8 Å². The number of hydrogen-bond donors (Lipinski definition) is 1. The molecule has 0 bridgehead atoms. The van der Waals surface area contributed by atoms with Crippen molar-refractivity contribution >= 4 is 34.1 Å². The third-order valence-corrected chi connectivity index (χ3v) is 7.44. The number of nitrogens with one attached hydrogen (secondary N) is 1. The topological polar surface area (TPSA) is 84.2 Å². The van der Waals surface area contributed by atoms with Gasteiger partial charge in [0.25, 0.3) is 0 Å². The molecule has 1 aromatic heterocycles. The molecule has 0 atom stereocenters. The van der Waals surface area contributed by atoms with Gasteiger partial charge in [0.2, 0.25) is 5.91 Å². The molecule has 0 spiro atoms. The van der Waals surface area contributed by atoms with Gasteiger partial charge in [0, 0.05) is 34.6 Å². The molecule has 0 aliphatic carbocycles. The predicted octanol–water partition coefficient (Wildman–Crippen LogP) is 7.58. The van der Waals surface area contributed by atoms with E-state index >= 15 is 0 Å². The summed E-state index contributed by atoms with van der Waals surface area (Å²) >= 11 is 1.39. The fourth-order valence-corrected chi connectivity index (χ4v) is 5.48. The van der Waals surface area contributed by atoms with Crippen molar-refractivity contribution < 1.29 is 14.3 Å². The Labute approximate surface area is 237 Å². The number of rotatable bonds is 9. The van der Waals surface area contributed by atoms with Gasteiger partial charge >= 0.3 is 0 Å². The quantitative estimate of drug-likeness (QED) is 0.192. The summed E-state index contributed by atoms with van der Waals surface area (Å²) in [5.41, 5.74) is 4.24. The van der Waals surface area contributed by atoms with Gasteiger partial charge in [0.1, 0.15) is 11.1 Å². The zero-order chi connectivity index (χ0) is 27.9. The summed E-state index contributed by atoms with van der Waals surface area (Å²) in [6.07, 6.45) is 0.261. The number of carbonyl (C=O) groups is 1. The lowest BCUT2D eigenvalue weighted by atomic mass is 9.98. The number of hydrogen-bond acceptors (Lipinski definition) is 6. The molecule has 0 radical (unpaired) electrons. The molecule has 0 saturated carbocycles. The molecule has 0 saturated heterocycles. The lowest BCUT2D eigenvalue weighted by Gasteiger charge is -2.16. The Bertz CT molecular complexity index is 1710. The Morgan fingerprint density at radius 3 is 2.40 bits per heavy atom. The Kier molecular flexibility index (Phi) is 8.29. The summed E-state index contributed by atoms with van der Waals surface area (Å²) in [6.45, 7) is 0. The molecule has 0 aliphatic rings. The molecule has 7 heteroatoms. The molecule has 1 N–H and O–H groups in total. The van der Waals surface area contributed by atoms with E-state index in [1.54, 1.807) is 14.2 Å². The minimum Gasteiger partial charge on any atom is -0.493 e. The van der Waals surface area contributed by atoms with Gasteiger partial charge in [-0.15, -0.1) is 11.8 Å². The van der Waals surface area contributed by atoms with Crippen molar-refractivity contribution in [1.29, 1.82) is 5.26 Å². The molecule has 4 aromatic carbocycles. The number of carbonyl (C=O) groups excluding carboxylic acids is 1. The van der Waals surface area contributed by atoms with E-state index in [9.17, 15) is 10.1 Å². The van der Waals surface area contributed by atoms with Crippen molar-refractivity contribution in [3.8, 4) is 40.0 Å². The second-order valence-electron chi connectivity index (χ2n) is 8.96. The number of para-hydroxylation sites is 1. The highest BCUT2D eigenvalue weighted by atomic mass is 32.2. The molecule has 198 valence electrons. The molecule has 40 heavy (non-hydrogen) atoms. The van der Waals surface area contributed by atoms with Crippen LogP contribution in [0.4, 0.5) is 5.69 Å². The zero-order valence-electron chi connectivity index (χ0n) is 22.2. The predicted molar refractivity (Wildman–Crippen MR) is 161 cm³/mol. The number of anilines is 1. The van der Waals surface area contributed by atoms with E-state index in [4.69, 9.17) is 14.5 Å². The van der Waals surface area contributed by atoms with E-state index < -0.39 is 0 Å². The number of thioether (sulfide) groups is 1. The lowest BCUT2D eigenvalue weighted by Crippen LogP contribution is -2.12. The highest BCUT2D eigenvalue weighted by Crippen LogP contribution is 2.42. The van der Waals surface area contributed by atoms with E-state index in [1.807, 2.05) is 97.1 Å². The third kappa shape index (κ3) is 5.78. The molecular formula is C33H27N3O3S. The van der Waals surface area contributed by atoms with Crippen LogP contribution in [-0.2, 0) is 4.79 Å². The summed E-state index contributed by atoms with van der Waals surface area (Å²) < 4.78 is 11.2. The first-order valence-electron chi connectivity index (χ1n) is 12.7. The number of methoxy groups -OCH3 is 2. The Morgan fingerprint density at radius 2 is 1.65 bits per heavy atom. The van der Waals surface area contributed by atoms with Gasteiger partial charge in [-0.2, -0.15) is 5.26 Å². The number of fused-ring (bicyclic) bond motifs is 1. The molecule has 0 aliphatic heterocycles. The molecular weight excluding hydrogens is 518 g/mol. The first kappa shape index (κ1) is 26.8. The smallest absolute Gasteiger partial charge is 0.225 e. The maximum atomic E-state index is 12.8. The third-order valence-electron chi connectivity index (χ3n) is 6.46. The highest BCUT2D eigenvalue weighted by molar-refractivity contribution is 7.99. The van der Waals surface area contributed by atoms with Crippen LogP contribution in [0.25, 0.3) is 33.2 Å². The fourth-order valence-electron chi connectivity index (χ4n) is 4.53. The number of ether oxygens (including phenoxy) is 2.